The molecule has 3 aromatic rings. The van der Waals surface area contributed by atoms with Gasteiger partial charge in [-0.15, -0.1) is 0 Å². The number of hydrogen-bond donors (Lipinski definition) is 1. The van der Waals surface area contributed by atoms with Crippen molar-refractivity contribution in [1.82, 2.24) is 20.2 Å². The van der Waals surface area contributed by atoms with Crippen LogP contribution in [0, 0.1) is 11.2 Å². The number of aromatic nitrogens is 2. The lowest BCUT2D eigenvalue weighted by Gasteiger charge is -2.35. The van der Waals surface area contributed by atoms with E-state index in [1.54, 1.807) is 17.2 Å². The molecule has 8 heteroatoms. The summed E-state index contributed by atoms with van der Waals surface area (Å²) >= 11 is 0. The lowest BCUT2D eigenvalue weighted by Crippen LogP contribution is -2.40. The highest BCUT2D eigenvalue weighted by molar-refractivity contribution is 5.83. The number of nitrogens with zero attached hydrogens (tertiary/aromatic N) is 3. The fourth-order valence-electron chi connectivity index (χ4n) is 5.72. The molecule has 2 atom stereocenters. The Bertz CT molecular complexity index is 1390. The second-order valence-corrected chi connectivity index (χ2v) is 11.5. The third-order valence-electron chi connectivity index (χ3n) is 7.45. The Kier molecular flexibility index (Phi) is 7.16. The summed E-state index contributed by atoms with van der Waals surface area (Å²) in [5.41, 5.74) is 2.94. The van der Waals surface area contributed by atoms with E-state index in [0.29, 0.717) is 29.3 Å². The summed E-state index contributed by atoms with van der Waals surface area (Å²) in [6, 6.07) is 11.8. The summed E-state index contributed by atoms with van der Waals surface area (Å²) in [5.74, 6) is 0.507. The van der Waals surface area contributed by atoms with Crippen molar-refractivity contribution in [1.29, 1.82) is 0 Å². The maximum Gasteiger partial charge on any atom is 0.410 e. The van der Waals surface area contributed by atoms with Crippen molar-refractivity contribution in [2.75, 3.05) is 19.6 Å². The smallest absolute Gasteiger partial charge is 0.410 e. The van der Waals surface area contributed by atoms with Crippen LogP contribution in [-0.4, -0.2) is 46.2 Å². The molecule has 2 aromatic carbocycles. The third kappa shape index (κ3) is 5.39. The molecule has 7 nitrogen and oxygen atoms in total. The minimum Gasteiger partial charge on any atom is -0.453 e. The quantitative estimate of drug-likeness (QED) is 0.392. The summed E-state index contributed by atoms with van der Waals surface area (Å²) in [7, 11) is 0. The molecule has 5 rings (SSSR count). The largest absolute Gasteiger partial charge is 0.453 e. The zero-order valence-corrected chi connectivity index (χ0v) is 23.0. The van der Waals surface area contributed by atoms with E-state index in [9.17, 15) is 9.18 Å². The number of rotatable bonds is 5. The predicted octanol–water partition coefficient (Wildman–Crippen LogP) is 6.77. The Labute approximate surface area is 229 Å². The van der Waals surface area contributed by atoms with Crippen LogP contribution >= 0.6 is 0 Å². The van der Waals surface area contributed by atoms with Gasteiger partial charge < -0.3 is 14.8 Å². The van der Waals surface area contributed by atoms with Crippen LogP contribution in [0.3, 0.4) is 0 Å². The molecule has 3 heterocycles. The molecule has 2 aliphatic heterocycles. The van der Waals surface area contributed by atoms with Crippen molar-refractivity contribution in [2.45, 2.75) is 52.2 Å². The van der Waals surface area contributed by atoms with Gasteiger partial charge in [-0.2, -0.15) is 0 Å². The first-order valence-electron chi connectivity index (χ1n) is 13.3. The van der Waals surface area contributed by atoms with Crippen LogP contribution < -0.4 is 10.1 Å². The van der Waals surface area contributed by atoms with Crippen molar-refractivity contribution < 1.29 is 18.7 Å². The van der Waals surface area contributed by atoms with E-state index >= 15 is 0 Å². The molecule has 204 valence electrons. The topological polar surface area (TPSA) is 76.6 Å². The fraction of sp³-hybridized carbons (Fsp3) is 0.387. The van der Waals surface area contributed by atoms with Gasteiger partial charge in [0.25, 0.3) is 0 Å². The van der Waals surface area contributed by atoms with Crippen LogP contribution in [0.1, 0.15) is 57.8 Å². The number of allylic oxidation sites excluding steroid dienone is 1. The van der Waals surface area contributed by atoms with Gasteiger partial charge in [0, 0.05) is 24.1 Å². The van der Waals surface area contributed by atoms with E-state index in [2.05, 4.69) is 21.9 Å². The Morgan fingerprint density at radius 2 is 1.95 bits per heavy atom. The second kappa shape index (κ2) is 10.4. The van der Waals surface area contributed by atoms with Crippen LogP contribution in [0.15, 0.2) is 61.6 Å². The summed E-state index contributed by atoms with van der Waals surface area (Å²) in [4.78, 5) is 24.1. The Morgan fingerprint density at radius 1 is 1.15 bits per heavy atom. The Morgan fingerprint density at radius 3 is 2.67 bits per heavy atom. The summed E-state index contributed by atoms with van der Waals surface area (Å²) in [5, 5.41) is 3.47. The number of hydrogen-bond acceptors (Lipinski definition) is 6. The van der Waals surface area contributed by atoms with Gasteiger partial charge in [0.2, 0.25) is 0 Å². The molecule has 2 aliphatic rings. The van der Waals surface area contributed by atoms with Crippen molar-refractivity contribution in [3.8, 4) is 22.6 Å². The van der Waals surface area contributed by atoms with Gasteiger partial charge in [-0.3, -0.25) is 4.90 Å². The number of halogens is 1. The predicted molar refractivity (Wildman–Crippen MR) is 149 cm³/mol. The fourth-order valence-corrected chi connectivity index (χ4v) is 5.72. The molecule has 1 aromatic heterocycles. The molecule has 0 radical (unpaired) electrons. The maximum absolute atomic E-state index is 14.5. The van der Waals surface area contributed by atoms with E-state index in [-0.39, 0.29) is 23.4 Å². The van der Waals surface area contributed by atoms with Gasteiger partial charge in [0.15, 0.2) is 5.75 Å². The van der Waals surface area contributed by atoms with Gasteiger partial charge in [-0.1, -0.05) is 36.4 Å². The van der Waals surface area contributed by atoms with E-state index in [1.807, 2.05) is 52.0 Å². The van der Waals surface area contributed by atoms with E-state index in [1.165, 1.54) is 18.5 Å². The zero-order valence-electron chi connectivity index (χ0n) is 23.0. The SMILES string of the molecule is C=C(C)c1ccccc1-c1cc(F)ccc1Oc1cncnc1C1N(C(=O)OC(C)(C)C)CCC12CCNC2. The van der Waals surface area contributed by atoms with Gasteiger partial charge in [-0.05, 0) is 76.4 Å². The molecular formula is C31H35FN4O3. The van der Waals surface area contributed by atoms with Crippen molar-refractivity contribution in [3.05, 3.63) is 78.6 Å². The van der Waals surface area contributed by atoms with E-state index in [4.69, 9.17) is 9.47 Å². The minimum absolute atomic E-state index is 0.207. The molecule has 2 unspecified atom stereocenters. The molecular weight excluding hydrogens is 495 g/mol. The Hall–Kier alpha value is -3.78. The van der Waals surface area contributed by atoms with Crippen LogP contribution in [0.2, 0.25) is 0 Å². The summed E-state index contributed by atoms with van der Waals surface area (Å²) < 4.78 is 26.8. The van der Waals surface area contributed by atoms with Gasteiger partial charge in [0.05, 0.1) is 12.2 Å². The van der Waals surface area contributed by atoms with Crippen molar-refractivity contribution in [3.63, 3.8) is 0 Å². The molecule has 0 aliphatic carbocycles. The monoisotopic (exact) mass is 530 g/mol. The van der Waals surface area contributed by atoms with Gasteiger partial charge in [-0.25, -0.2) is 19.2 Å². The zero-order chi connectivity index (χ0) is 27.8. The molecule has 1 N–H and O–H groups in total. The normalized spacial score (nSPS) is 20.8. The Balaban J connectivity index is 1.58. The van der Waals surface area contributed by atoms with Gasteiger partial charge >= 0.3 is 6.09 Å². The summed E-state index contributed by atoms with van der Waals surface area (Å²) in [6.45, 7) is 13.8. The number of likely N-dealkylation sites (tertiary alicyclic amines) is 1. The highest BCUT2D eigenvalue weighted by atomic mass is 19.1. The van der Waals surface area contributed by atoms with Crippen LogP contribution in [0.25, 0.3) is 16.7 Å². The number of amides is 1. The first-order chi connectivity index (χ1) is 18.6. The summed E-state index contributed by atoms with van der Waals surface area (Å²) in [6.07, 6.45) is 4.43. The average molecular weight is 531 g/mol. The average Bonchev–Trinajstić information content (AvgIpc) is 3.52. The lowest BCUT2D eigenvalue weighted by atomic mass is 9.78. The molecule has 0 bridgehead atoms. The molecule has 1 amide bonds. The van der Waals surface area contributed by atoms with Gasteiger partial charge in [0.1, 0.15) is 29.2 Å². The first kappa shape index (κ1) is 26.8. The number of benzene rings is 2. The van der Waals surface area contributed by atoms with Crippen LogP contribution in [-0.2, 0) is 4.74 Å². The van der Waals surface area contributed by atoms with E-state index in [0.717, 1.165) is 42.6 Å². The number of nitrogens with one attached hydrogen (secondary N) is 1. The number of ether oxygens (including phenoxy) is 2. The van der Waals surface area contributed by atoms with Crippen LogP contribution in [0.5, 0.6) is 11.5 Å². The van der Waals surface area contributed by atoms with Crippen molar-refractivity contribution in [2.24, 2.45) is 5.41 Å². The highest BCUT2D eigenvalue weighted by Gasteiger charge is 2.53. The van der Waals surface area contributed by atoms with E-state index < -0.39 is 5.60 Å². The standard InChI is InChI=1S/C31H35FN4O3/c1-20(2)22-8-6-7-9-23(22)24-16-21(32)10-11-25(24)38-26-17-34-19-35-27(26)28-31(12-14-33-18-31)13-15-36(28)29(37)39-30(3,4)5/h6-11,16-17,19,28,33H,1,12-15,18H2,2-5H3. The molecule has 0 saturated carbocycles. The third-order valence-corrected chi connectivity index (χ3v) is 7.45. The molecule has 1 spiro atoms. The first-order valence-corrected chi connectivity index (χ1v) is 13.3. The van der Waals surface area contributed by atoms with Crippen molar-refractivity contribution >= 4 is 11.7 Å². The second-order valence-electron chi connectivity index (χ2n) is 11.5. The number of carbonyl (C=O) groups is 1. The lowest BCUT2D eigenvalue weighted by molar-refractivity contribution is 0.0160. The highest BCUT2D eigenvalue weighted by Crippen LogP contribution is 2.53. The molecule has 2 saturated heterocycles. The minimum atomic E-state index is -0.629. The number of carbonyl (C=O) groups excluding carboxylic acids is 1. The molecule has 39 heavy (non-hydrogen) atoms. The molecule has 2 fully saturated rings. The maximum atomic E-state index is 14.5. The van der Waals surface area contributed by atoms with Crippen LogP contribution in [0.4, 0.5) is 9.18 Å².